The topological polar surface area (TPSA) is 75.1 Å². The Morgan fingerprint density at radius 2 is 2.29 bits per heavy atom. The Morgan fingerprint density at radius 3 is 3.05 bits per heavy atom. The Kier molecular flexibility index (Phi) is 3.74. The van der Waals surface area contributed by atoms with Gasteiger partial charge in [0.2, 0.25) is 0 Å². The monoisotopic (exact) mass is 393 g/mol. The molecular weight excluding hydrogens is 381 g/mol. The molecule has 0 fully saturated rings. The number of nitrogens with zero attached hydrogens (tertiary/aromatic N) is 3. The highest BCUT2D eigenvalue weighted by molar-refractivity contribution is 14.1. The molecule has 0 aliphatic heterocycles. The SMILES string of the molecule is Cn1cc(I)c(C(=O)NN=Cc2c[nH]c3ccccc23)n1. The Labute approximate surface area is 134 Å². The van der Waals surface area contributed by atoms with E-state index in [1.165, 1.54) is 0 Å². The maximum atomic E-state index is 12.0. The Hall–Kier alpha value is -2.16. The zero-order valence-corrected chi connectivity index (χ0v) is 13.3. The number of H-pyrrole nitrogens is 1. The van der Waals surface area contributed by atoms with Gasteiger partial charge in [-0.25, -0.2) is 5.43 Å². The van der Waals surface area contributed by atoms with E-state index in [2.05, 4.69) is 43.2 Å². The van der Waals surface area contributed by atoms with Gasteiger partial charge in [-0.3, -0.25) is 9.48 Å². The van der Waals surface area contributed by atoms with E-state index in [4.69, 9.17) is 0 Å². The van der Waals surface area contributed by atoms with Gasteiger partial charge >= 0.3 is 0 Å². The van der Waals surface area contributed by atoms with E-state index in [-0.39, 0.29) is 5.91 Å². The van der Waals surface area contributed by atoms with Crippen LogP contribution in [0, 0.1) is 3.57 Å². The van der Waals surface area contributed by atoms with Crippen molar-refractivity contribution in [2.75, 3.05) is 0 Å². The number of carbonyl (C=O) groups excluding carboxylic acids is 1. The zero-order chi connectivity index (χ0) is 14.8. The first-order chi connectivity index (χ1) is 10.1. The van der Waals surface area contributed by atoms with Gasteiger partial charge in [-0.05, 0) is 28.7 Å². The number of fused-ring (bicyclic) bond motifs is 1. The Morgan fingerprint density at radius 1 is 1.48 bits per heavy atom. The van der Waals surface area contributed by atoms with Crippen LogP contribution in [0.4, 0.5) is 0 Å². The molecule has 0 atom stereocenters. The van der Waals surface area contributed by atoms with Crippen molar-refractivity contribution in [2.45, 2.75) is 0 Å². The van der Waals surface area contributed by atoms with Crippen LogP contribution in [0.1, 0.15) is 16.1 Å². The minimum absolute atomic E-state index is 0.323. The molecule has 0 spiro atoms. The molecule has 21 heavy (non-hydrogen) atoms. The van der Waals surface area contributed by atoms with Gasteiger partial charge in [0.25, 0.3) is 5.91 Å². The van der Waals surface area contributed by atoms with E-state index in [0.29, 0.717) is 5.69 Å². The van der Waals surface area contributed by atoms with Crippen LogP contribution in [-0.2, 0) is 7.05 Å². The minimum atomic E-state index is -0.323. The second-order valence-electron chi connectivity index (χ2n) is 4.49. The number of amides is 1. The van der Waals surface area contributed by atoms with Crippen LogP contribution in [0.15, 0.2) is 41.8 Å². The summed E-state index contributed by atoms with van der Waals surface area (Å²) >= 11 is 2.07. The van der Waals surface area contributed by atoms with E-state index >= 15 is 0 Å². The highest BCUT2D eigenvalue weighted by Crippen LogP contribution is 2.15. The second-order valence-corrected chi connectivity index (χ2v) is 5.65. The van der Waals surface area contributed by atoms with Gasteiger partial charge in [-0.1, -0.05) is 18.2 Å². The third-order valence-corrected chi connectivity index (χ3v) is 3.78. The summed E-state index contributed by atoms with van der Waals surface area (Å²) in [6, 6.07) is 7.91. The van der Waals surface area contributed by atoms with E-state index < -0.39 is 0 Å². The van der Waals surface area contributed by atoms with Crippen molar-refractivity contribution in [3.8, 4) is 0 Å². The van der Waals surface area contributed by atoms with Crippen molar-refractivity contribution in [3.05, 3.63) is 51.5 Å². The zero-order valence-electron chi connectivity index (χ0n) is 11.2. The number of aryl methyl sites for hydroxylation is 1. The molecule has 0 aliphatic carbocycles. The molecule has 3 aromatic rings. The summed E-state index contributed by atoms with van der Waals surface area (Å²) in [5.41, 5.74) is 4.81. The molecule has 106 valence electrons. The number of para-hydroxylation sites is 1. The molecule has 0 unspecified atom stereocenters. The number of aromatic amines is 1. The normalized spacial score (nSPS) is 11.3. The molecule has 2 aromatic heterocycles. The number of aromatic nitrogens is 3. The highest BCUT2D eigenvalue weighted by Gasteiger charge is 2.13. The van der Waals surface area contributed by atoms with Gasteiger partial charge in [0.15, 0.2) is 5.69 Å². The van der Waals surface area contributed by atoms with Gasteiger partial charge < -0.3 is 4.98 Å². The third kappa shape index (κ3) is 2.82. The fourth-order valence-electron chi connectivity index (χ4n) is 2.03. The molecule has 0 saturated heterocycles. The lowest BCUT2D eigenvalue weighted by atomic mass is 10.2. The largest absolute Gasteiger partial charge is 0.361 e. The molecule has 0 aliphatic rings. The average Bonchev–Trinajstić information content (AvgIpc) is 3.02. The smallest absolute Gasteiger partial charge is 0.292 e. The molecule has 7 heteroatoms. The van der Waals surface area contributed by atoms with Crippen LogP contribution in [0.25, 0.3) is 10.9 Å². The highest BCUT2D eigenvalue weighted by atomic mass is 127. The van der Waals surface area contributed by atoms with Gasteiger partial charge in [0, 0.05) is 35.9 Å². The van der Waals surface area contributed by atoms with Crippen molar-refractivity contribution in [1.29, 1.82) is 0 Å². The predicted octanol–water partition coefficient (Wildman–Crippen LogP) is 2.27. The molecule has 2 N–H and O–H groups in total. The number of hydrazone groups is 1. The van der Waals surface area contributed by atoms with E-state index in [1.807, 2.05) is 30.5 Å². The number of nitrogens with one attached hydrogen (secondary N) is 2. The van der Waals surface area contributed by atoms with Gasteiger partial charge in [-0.2, -0.15) is 10.2 Å². The first kappa shape index (κ1) is 13.8. The lowest BCUT2D eigenvalue weighted by Crippen LogP contribution is -2.19. The van der Waals surface area contributed by atoms with Crippen molar-refractivity contribution < 1.29 is 4.79 Å². The Bertz CT molecular complexity index is 833. The standard InChI is InChI=1S/C14H12IN5O/c1-20-8-11(15)13(19-20)14(21)18-17-7-9-6-16-12-5-3-2-4-10(9)12/h2-8,16H,1H3,(H,18,21). The van der Waals surface area contributed by atoms with E-state index in [9.17, 15) is 4.79 Å². The molecule has 3 rings (SSSR count). The molecule has 0 radical (unpaired) electrons. The molecule has 1 amide bonds. The number of hydrogen-bond donors (Lipinski definition) is 2. The Balaban J connectivity index is 1.75. The summed E-state index contributed by atoms with van der Waals surface area (Å²) in [5, 5.41) is 9.14. The summed E-state index contributed by atoms with van der Waals surface area (Å²) in [6.45, 7) is 0. The van der Waals surface area contributed by atoms with Crippen LogP contribution in [0.5, 0.6) is 0 Å². The summed E-state index contributed by atoms with van der Waals surface area (Å²) in [4.78, 5) is 15.1. The van der Waals surface area contributed by atoms with Crippen LogP contribution in [-0.4, -0.2) is 26.9 Å². The van der Waals surface area contributed by atoms with E-state index in [1.54, 1.807) is 24.1 Å². The van der Waals surface area contributed by atoms with Gasteiger partial charge in [-0.15, -0.1) is 0 Å². The number of carbonyl (C=O) groups is 1. The maximum Gasteiger partial charge on any atom is 0.292 e. The van der Waals surface area contributed by atoms with E-state index in [0.717, 1.165) is 20.0 Å². The third-order valence-electron chi connectivity index (χ3n) is 2.99. The van der Waals surface area contributed by atoms with Gasteiger partial charge in [0.1, 0.15) is 0 Å². The average molecular weight is 393 g/mol. The lowest BCUT2D eigenvalue weighted by Gasteiger charge is -1.96. The molecule has 1 aromatic carbocycles. The maximum absolute atomic E-state index is 12.0. The summed E-state index contributed by atoms with van der Waals surface area (Å²) in [7, 11) is 1.77. The minimum Gasteiger partial charge on any atom is -0.361 e. The first-order valence-corrected chi connectivity index (χ1v) is 7.31. The second kappa shape index (κ2) is 5.68. The predicted molar refractivity (Wildman–Crippen MR) is 89.3 cm³/mol. The molecule has 0 bridgehead atoms. The van der Waals surface area contributed by atoms with Crippen LogP contribution >= 0.6 is 22.6 Å². The molecular formula is C14H12IN5O. The quantitative estimate of drug-likeness (QED) is 0.407. The number of rotatable bonds is 3. The fraction of sp³-hybridized carbons (Fsp3) is 0.0714. The molecule has 0 saturated carbocycles. The summed E-state index contributed by atoms with van der Waals surface area (Å²) in [5.74, 6) is -0.323. The fourth-order valence-corrected chi connectivity index (χ4v) is 2.78. The van der Waals surface area contributed by atoms with Crippen LogP contribution in [0.3, 0.4) is 0 Å². The van der Waals surface area contributed by atoms with Crippen molar-refractivity contribution >= 4 is 45.6 Å². The molecule has 6 nitrogen and oxygen atoms in total. The van der Waals surface area contributed by atoms with Crippen LogP contribution < -0.4 is 5.43 Å². The first-order valence-electron chi connectivity index (χ1n) is 6.24. The van der Waals surface area contributed by atoms with Crippen molar-refractivity contribution in [3.63, 3.8) is 0 Å². The summed E-state index contributed by atoms with van der Waals surface area (Å²) in [6.07, 6.45) is 5.25. The lowest BCUT2D eigenvalue weighted by molar-refractivity contribution is 0.0948. The number of halogens is 1. The van der Waals surface area contributed by atoms with Crippen LogP contribution in [0.2, 0.25) is 0 Å². The summed E-state index contributed by atoms with van der Waals surface area (Å²) < 4.78 is 2.38. The van der Waals surface area contributed by atoms with Crippen molar-refractivity contribution in [1.82, 2.24) is 20.2 Å². The van der Waals surface area contributed by atoms with Crippen molar-refractivity contribution in [2.24, 2.45) is 12.1 Å². The number of benzene rings is 1. The number of hydrogen-bond acceptors (Lipinski definition) is 3. The molecule has 2 heterocycles. The van der Waals surface area contributed by atoms with Gasteiger partial charge in [0.05, 0.1) is 9.78 Å².